The van der Waals surface area contributed by atoms with E-state index in [2.05, 4.69) is 9.97 Å². The van der Waals surface area contributed by atoms with Gasteiger partial charge in [-0.25, -0.2) is 4.98 Å². The van der Waals surface area contributed by atoms with Crippen molar-refractivity contribution in [2.75, 3.05) is 36.2 Å². The lowest BCUT2D eigenvalue weighted by molar-refractivity contribution is -0.384. The molecule has 1 aliphatic carbocycles. The quantitative estimate of drug-likeness (QED) is 0.503. The van der Waals surface area contributed by atoms with Gasteiger partial charge in [-0.05, 0) is 43.2 Å². The maximum absolute atomic E-state index is 11.1. The van der Waals surface area contributed by atoms with Gasteiger partial charge in [0.15, 0.2) is 0 Å². The van der Waals surface area contributed by atoms with Crippen molar-refractivity contribution in [1.29, 1.82) is 0 Å². The molecule has 0 aliphatic heterocycles. The van der Waals surface area contributed by atoms with Crippen LogP contribution in [0, 0.1) is 16.0 Å². The Labute approximate surface area is 181 Å². The van der Waals surface area contributed by atoms with E-state index < -0.39 is 4.92 Å². The van der Waals surface area contributed by atoms with Crippen LogP contribution in [-0.2, 0) is 6.54 Å². The second-order valence-electron chi connectivity index (χ2n) is 8.00. The summed E-state index contributed by atoms with van der Waals surface area (Å²) in [6, 6.07) is 6.14. The number of benzene rings is 1. The number of hydrogen-bond donors (Lipinski definition) is 2. The smallest absolute Gasteiger partial charge is 0.329 e. The highest BCUT2D eigenvalue weighted by atomic mass is 35.5. The average Bonchev–Trinajstić information content (AvgIpc) is 2.70. The molecule has 30 heavy (non-hydrogen) atoms. The molecule has 162 valence electrons. The summed E-state index contributed by atoms with van der Waals surface area (Å²) in [5.41, 5.74) is 13.4. The zero-order valence-electron chi connectivity index (χ0n) is 17.3. The third-order valence-electron chi connectivity index (χ3n) is 5.54. The molecule has 1 aromatic carbocycles. The fourth-order valence-corrected chi connectivity index (χ4v) is 4.17. The molecule has 0 radical (unpaired) electrons. The number of aromatic nitrogens is 2. The molecule has 0 amide bonds. The highest BCUT2D eigenvalue weighted by molar-refractivity contribution is 6.34. The Bertz CT molecular complexity index is 901. The maximum Gasteiger partial charge on any atom is 0.329 e. The molecule has 1 fully saturated rings. The number of halogens is 1. The van der Waals surface area contributed by atoms with Gasteiger partial charge in [0.1, 0.15) is 6.20 Å². The van der Waals surface area contributed by atoms with Crippen LogP contribution in [0.1, 0.15) is 31.2 Å². The van der Waals surface area contributed by atoms with Gasteiger partial charge >= 0.3 is 5.69 Å². The molecule has 0 bridgehead atoms. The summed E-state index contributed by atoms with van der Waals surface area (Å²) >= 11 is 6.66. The first-order valence-corrected chi connectivity index (χ1v) is 10.4. The number of anilines is 3. The SMILES string of the molecule is CN(C)c1cccc(CN(C[C@H]2CC[C@H](N)CC2)c2ncc([N+](=O)[O-])c(N)n2)c1Cl. The Hall–Kier alpha value is -2.65. The Morgan fingerprint density at radius 2 is 1.97 bits per heavy atom. The molecular weight excluding hydrogens is 406 g/mol. The standard InChI is InChI=1S/C20H28ClN7O2/c1-26(2)16-5-3-4-14(18(16)21)12-27(11-13-6-8-15(22)9-7-13)20-24-10-17(28(29)30)19(23)25-20/h3-5,10,13,15H,6-9,11-12,22H2,1-2H3,(H2,23,24,25)/t13-,15-. The van der Waals surface area contributed by atoms with Crippen LogP contribution in [0.15, 0.2) is 24.4 Å². The molecule has 0 atom stereocenters. The number of rotatable bonds is 7. The van der Waals surface area contributed by atoms with E-state index in [0.717, 1.165) is 36.9 Å². The lowest BCUT2D eigenvalue weighted by atomic mass is 9.86. The molecule has 0 spiro atoms. The summed E-state index contributed by atoms with van der Waals surface area (Å²) in [4.78, 5) is 22.9. The second kappa shape index (κ2) is 9.44. The molecule has 1 saturated carbocycles. The molecule has 3 rings (SSSR count). The van der Waals surface area contributed by atoms with Crippen molar-refractivity contribution in [2.24, 2.45) is 11.7 Å². The summed E-state index contributed by atoms with van der Waals surface area (Å²) in [7, 11) is 3.88. The van der Waals surface area contributed by atoms with Gasteiger partial charge in [-0.1, -0.05) is 23.7 Å². The molecular formula is C20H28ClN7O2. The molecule has 1 heterocycles. The van der Waals surface area contributed by atoms with E-state index in [4.69, 9.17) is 23.1 Å². The van der Waals surface area contributed by atoms with E-state index in [9.17, 15) is 10.1 Å². The van der Waals surface area contributed by atoms with E-state index >= 15 is 0 Å². The molecule has 9 nitrogen and oxygen atoms in total. The number of hydrogen-bond acceptors (Lipinski definition) is 8. The first-order chi connectivity index (χ1) is 14.3. The normalized spacial score (nSPS) is 18.8. The average molecular weight is 434 g/mol. The summed E-state index contributed by atoms with van der Waals surface area (Å²) in [6.07, 6.45) is 5.17. The lowest BCUT2D eigenvalue weighted by Crippen LogP contribution is -2.35. The summed E-state index contributed by atoms with van der Waals surface area (Å²) < 4.78 is 0. The molecule has 4 N–H and O–H groups in total. The van der Waals surface area contributed by atoms with Crippen LogP contribution in [-0.4, -0.2) is 41.6 Å². The van der Waals surface area contributed by atoms with Crippen LogP contribution in [0.2, 0.25) is 5.02 Å². The first-order valence-electron chi connectivity index (χ1n) is 9.98. The highest BCUT2D eigenvalue weighted by Gasteiger charge is 2.25. The predicted octanol–water partition coefficient (Wildman–Crippen LogP) is 3.21. The van der Waals surface area contributed by atoms with Crippen LogP contribution in [0.4, 0.5) is 23.1 Å². The Morgan fingerprint density at radius 1 is 1.27 bits per heavy atom. The molecule has 10 heteroatoms. The summed E-state index contributed by atoms with van der Waals surface area (Å²) in [5.74, 6) is 0.647. The van der Waals surface area contributed by atoms with E-state index in [1.807, 2.05) is 42.1 Å². The van der Waals surface area contributed by atoms with Crippen molar-refractivity contribution in [3.05, 3.63) is 45.1 Å². The van der Waals surface area contributed by atoms with Crippen LogP contribution in [0.25, 0.3) is 0 Å². The summed E-state index contributed by atoms with van der Waals surface area (Å²) in [6.45, 7) is 1.17. The van der Waals surface area contributed by atoms with E-state index in [-0.39, 0.29) is 17.5 Å². The molecule has 2 aromatic rings. The second-order valence-corrected chi connectivity index (χ2v) is 8.38. The highest BCUT2D eigenvalue weighted by Crippen LogP contribution is 2.32. The Morgan fingerprint density at radius 3 is 2.57 bits per heavy atom. The van der Waals surface area contributed by atoms with Crippen molar-refractivity contribution >= 4 is 34.7 Å². The van der Waals surface area contributed by atoms with Crippen molar-refractivity contribution in [2.45, 2.75) is 38.3 Å². The monoisotopic (exact) mass is 433 g/mol. The number of nitrogens with zero attached hydrogens (tertiary/aromatic N) is 5. The molecule has 0 saturated heterocycles. The fourth-order valence-electron chi connectivity index (χ4n) is 3.81. The molecule has 0 unspecified atom stereocenters. The van der Waals surface area contributed by atoms with Crippen molar-refractivity contribution in [3.8, 4) is 0 Å². The Balaban J connectivity index is 1.91. The first kappa shape index (κ1) is 22.0. The largest absolute Gasteiger partial charge is 0.378 e. The van der Waals surface area contributed by atoms with Crippen molar-refractivity contribution < 1.29 is 4.92 Å². The third kappa shape index (κ3) is 5.09. The van der Waals surface area contributed by atoms with Gasteiger partial charge in [-0.2, -0.15) is 4.98 Å². The zero-order valence-corrected chi connectivity index (χ0v) is 18.0. The predicted molar refractivity (Wildman–Crippen MR) is 120 cm³/mol. The lowest BCUT2D eigenvalue weighted by Gasteiger charge is -2.32. The number of nitrogen functional groups attached to an aromatic ring is 1. The van der Waals surface area contributed by atoms with Gasteiger partial charge in [-0.15, -0.1) is 0 Å². The van der Waals surface area contributed by atoms with Gasteiger partial charge in [0.2, 0.25) is 11.8 Å². The minimum absolute atomic E-state index is 0.145. The van der Waals surface area contributed by atoms with E-state index in [0.29, 0.717) is 30.0 Å². The minimum atomic E-state index is -0.580. The molecule has 1 aromatic heterocycles. The van der Waals surface area contributed by atoms with Crippen LogP contribution < -0.4 is 21.3 Å². The van der Waals surface area contributed by atoms with Gasteiger partial charge in [0, 0.05) is 33.2 Å². The van der Waals surface area contributed by atoms with Gasteiger partial charge in [-0.3, -0.25) is 10.1 Å². The summed E-state index contributed by atoms with van der Waals surface area (Å²) in [5, 5.41) is 11.7. The topological polar surface area (TPSA) is 127 Å². The number of nitro groups is 1. The fraction of sp³-hybridized carbons (Fsp3) is 0.500. The van der Waals surface area contributed by atoms with Gasteiger partial charge in [0.05, 0.1) is 15.6 Å². The Kier molecular flexibility index (Phi) is 6.94. The minimum Gasteiger partial charge on any atom is -0.378 e. The van der Waals surface area contributed by atoms with E-state index in [1.165, 1.54) is 6.20 Å². The van der Waals surface area contributed by atoms with Crippen LogP contribution >= 0.6 is 11.6 Å². The molecule has 1 aliphatic rings. The maximum atomic E-state index is 11.1. The zero-order chi connectivity index (χ0) is 21.8. The van der Waals surface area contributed by atoms with Crippen molar-refractivity contribution in [1.82, 2.24) is 9.97 Å². The number of nitrogens with two attached hydrogens (primary N) is 2. The third-order valence-corrected chi connectivity index (χ3v) is 5.97. The van der Waals surface area contributed by atoms with E-state index in [1.54, 1.807) is 0 Å². The van der Waals surface area contributed by atoms with Crippen LogP contribution in [0.5, 0.6) is 0 Å². The van der Waals surface area contributed by atoms with Crippen molar-refractivity contribution in [3.63, 3.8) is 0 Å². The van der Waals surface area contributed by atoms with Gasteiger partial charge < -0.3 is 21.3 Å². The van der Waals surface area contributed by atoms with Crippen LogP contribution in [0.3, 0.4) is 0 Å². The van der Waals surface area contributed by atoms with Gasteiger partial charge in [0.25, 0.3) is 0 Å².